The number of nitrogens with zero attached hydrogens (tertiary/aromatic N) is 1. The molecule has 6 nitrogen and oxygen atoms in total. The van der Waals surface area contributed by atoms with Crippen LogP contribution in [0.2, 0.25) is 0 Å². The Labute approximate surface area is 191 Å². The summed E-state index contributed by atoms with van der Waals surface area (Å²) in [6.07, 6.45) is 2.17. The summed E-state index contributed by atoms with van der Waals surface area (Å²) in [4.78, 5) is 15.3. The fourth-order valence-corrected chi connectivity index (χ4v) is 4.07. The van der Waals surface area contributed by atoms with E-state index in [1.165, 1.54) is 20.1 Å². The van der Waals surface area contributed by atoms with E-state index in [2.05, 4.69) is 4.98 Å². The topological polar surface area (TPSA) is 88.9 Å². The number of ether oxygens (including phenoxy) is 2. The Morgan fingerprint density at radius 1 is 1.18 bits per heavy atom. The van der Waals surface area contributed by atoms with E-state index in [-0.39, 0.29) is 5.82 Å². The Morgan fingerprint density at radius 3 is 2.70 bits per heavy atom. The van der Waals surface area contributed by atoms with Gasteiger partial charge >= 0.3 is 5.97 Å². The second kappa shape index (κ2) is 9.58. The molecule has 0 radical (unpaired) electrons. The Hall–Kier alpha value is -3.45. The van der Waals surface area contributed by atoms with Crippen LogP contribution in [0.4, 0.5) is 4.39 Å². The van der Waals surface area contributed by atoms with Crippen molar-refractivity contribution in [2.45, 2.75) is 38.4 Å². The summed E-state index contributed by atoms with van der Waals surface area (Å²) >= 11 is 0. The number of benzene rings is 2. The van der Waals surface area contributed by atoms with Crippen molar-refractivity contribution in [2.24, 2.45) is 5.92 Å². The van der Waals surface area contributed by atoms with Gasteiger partial charge in [-0.25, -0.2) is 9.37 Å². The number of hydrogen-bond donors (Lipinski definition) is 2. The lowest BCUT2D eigenvalue weighted by atomic mass is 9.95. The van der Waals surface area contributed by atoms with Crippen molar-refractivity contribution in [3.8, 4) is 22.8 Å². The lowest BCUT2D eigenvalue weighted by Crippen LogP contribution is -2.18. The third kappa shape index (κ3) is 4.83. The minimum atomic E-state index is -1.16. The first kappa shape index (κ1) is 22.7. The number of hydrogen-bond acceptors (Lipinski definition) is 5. The highest BCUT2D eigenvalue weighted by molar-refractivity contribution is 5.70. The average molecular weight is 451 g/mol. The number of aryl methyl sites for hydroxylation is 1. The van der Waals surface area contributed by atoms with Gasteiger partial charge in [0.25, 0.3) is 0 Å². The molecule has 0 bridgehead atoms. The maximum Gasteiger partial charge on any atom is 0.309 e. The van der Waals surface area contributed by atoms with Crippen LogP contribution in [-0.2, 0) is 11.2 Å². The summed E-state index contributed by atoms with van der Waals surface area (Å²) in [5.41, 5.74) is 3.38. The van der Waals surface area contributed by atoms with Gasteiger partial charge in [-0.3, -0.25) is 4.79 Å². The van der Waals surface area contributed by atoms with E-state index < -0.39 is 24.1 Å². The van der Waals surface area contributed by atoms with Gasteiger partial charge in [-0.2, -0.15) is 0 Å². The Balaban J connectivity index is 1.61. The van der Waals surface area contributed by atoms with Crippen LogP contribution in [0.1, 0.15) is 48.7 Å². The number of aliphatic hydroxyl groups is 1. The number of carboxylic acid groups (broad SMARTS) is 1. The molecule has 1 aliphatic rings. The summed E-state index contributed by atoms with van der Waals surface area (Å²) in [7, 11) is 1.53. The molecule has 33 heavy (non-hydrogen) atoms. The Bertz CT molecular complexity index is 1170. The van der Waals surface area contributed by atoms with Gasteiger partial charge in [0, 0.05) is 17.8 Å². The van der Waals surface area contributed by atoms with Crippen molar-refractivity contribution < 1.29 is 28.9 Å². The minimum absolute atomic E-state index is 0.368. The standard InChI is InChI=1S/C26H26FNO5/c1-15(26(30)31)25(29)19-7-6-16-4-3-5-22(33-23(16)13-19)20-9-8-17(12-21(20)27)18-10-11-28-24(14-18)32-2/h6-15,22,25,29H,3-5H2,1-2H3,(H,30,31)/t15-,22?,25+/m0/s1. The number of aliphatic hydroxyl groups excluding tert-OH is 1. The molecule has 0 saturated carbocycles. The van der Waals surface area contributed by atoms with Crippen LogP contribution in [0.25, 0.3) is 11.1 Å². The zero-order valence-electron chi connectivity index (χ0n) is 18.5. The number of fused-ring (bicyclic) bond motifs is 1. The first-order chi connectivity index (χ1) is 15.9. The van der Waals surface area contributed by atoms with Crippen molar-refractivity contribution in [3.63, 3.8) is 0 Å². The number of carboxylic acids is 1. The van der Waals surface area contributed by atoms with Crippen LogP contribution in [0.15, 0.2) is 54.7 Å². The van der Waals surface area contributed by atoms with E-state index in [4.69, 9.17) is 9.47 Å². The van der Waals surface area contributed by atoms with Crippen LogP contribution in [0.5, 0.6) is 11.6 Å². The molecule has 2 N–H and O–H groups in total. The van der Waals surface area contributed by atoms with Gasteiger partial charge in [0.2, 0.25) is 5.88 Å². The predicted molar refractivity (Wildman–Crippen MR) is 121 cm³/mol. The number of carbonyl (C=O) groups is 1. The molecule has 172 valence electrons. The van der Waals surface area contributed by atoms with Crippen molar-refractivity contribution >= 4 is 5.97 Å². The molecule has 0 aliphatic carbocycles. The second-order valence-corrected chi connectivity index (χ2v) is 8.26. The van der Waals surface area contributed by atoms with Gasteiger partial charge in [0.1, 0.15) is 17.7 Å². The molecular formula is C26H26FNO5. The normalized spacial score (nSPS) is 17.3. The van der Waals surface area contributed by atoms with Crippen molar-refractivity contribution in [1.82, 2.24) is 4.98 Å². The molecule has 2 aromatic carbocycles. The molecule has 3 aromatic rings. The number of methoxy groups -OCH3 is 1. The third-order valence-electron chi connectivity index (χ3n) is 6.10. The highest BCUT2D eigenvalue weighted by Gasteiger charge is 2.26. The molecule has 0 saturated heterocycles. The zero-order chi connectivity index (χ0) is 23.5. The van der Waals surface area contributed by atoms with E-state index in [9.17, 15) is 15.0 Å². The first-order valence-corrected chi connectivity index (χ1v) is 10.9. The van der Waals surface area contributed by atoms with Crippen molar-refractivity contribution in [1.29, 1.82) is 0 Å². The van der Waals surface area contributed by atoms with E-state index >= 15 is 4.39 Å². The van der Waals surface area contributed by atoms with Gasteiger partial charge in [-0.05, 0) is 66.6 Å². The Morgan fingerprint density at radius 2 is 1.97 bits per heavy atom. The van der Waals surface area contributed by atoms with E-state index in [1.54, 1.807) is 36.5 Å². The second-order valence-electron chi connectivity index (χ2n) is 8.26. The predicted octanol–water partition coefficient (Wildman–Crippen LogP) is 5.11. The maximum absolute atomic E-state index is 15.2. The van der Waals surface area contributed by atoms with Gasteiger partial charge in [-0.1, -0.05) is 24.3 Å². The largest absolute Gasteiger partial charge is 0.485 e. The van der Waals surface area contributed by atoms with Crippen molar-refractivity contribution in [2.75, 3.05) is 7.11 Å². The number of rotatable bonds is 6. The van der Waals surface area contributed by atoms with Gasteiger partial charge in [-0.15, -0.1) is 0 Å². The lowest BCUT2D eigenvalue weighted by molar-refractivity contribution is -0.145. The molecule has 0 amide bonds. The molecule has 3 atom stereocenters. The van der Waals surface area contributed by atoms with Crippen LogP contribution in [0, 0.1) is 11.7 Å². The molecule has 2 heterocycles. The molecular weight excluding hydrogens is 425 g/mol. The average Bonchev–Trinajstić information content (AvgIpc) is 3.04. The molecule has 0 fully saturated rings. The van der Waals surface area contributed by atoms with Crippen molar-refractivity contribution in [3.05, 3.63) is 77.2 Å². The summed E-state index contributed by atoms with van der Waals surface area (Å²) < 4.78 is 26.5. The van der Waals surface area contributed by atoms with E-state index in [0.717, 1.165) is 24.0 Å². The van der Waals surface area contributed by atoms with Gasteiger partial charge < -0.3 is 19.7 Å². The highest BCUT2D eigenvalue weighted by Crippen LogP contribution is 2.38. The smallest absolute Gasteiger partial charge is 0.309 e. The fourth-order valence-electron chi connectivity index (χ4n) is 4.07. The van der Waals surface area contributed by atoms with Crippen LogP contribution in [-0.4, -0.2) is 28.3 Å². The SMILES string of the molecule is COc1cc(-c2ccc(C3CCCc4ccc([C@H](O)[C@H](C)C(=O)O)cc4O3)c(F)c2)ccn1. The number of halogens is 1. The minimum Gasteiger partial charge on any atom is -0.485 e. The molecule has 1 unspecified atom stereocenters. The number of aromatic nitrogens is 1. The van der Waals surface area contributed by atoms with E-state index in [1.807, 2.05) is 12.1 Å². The number of aliphatic carboxylic acids is 1. The van der Waals surface area contributed by atoms with Crippen LogP contribution >= 0.6 is 0 Å². The maximum atomic E-state index is 15.2. The summed E-state index contributed by atoms with van der Waals surface area (Å²) in [5, 5.41) is 19.6. The van der Waals surface area contributed by atoms with E-state index in [0.29, 0.717) is 34.7 Å². The molecule has 1 aromatic heterocycles. The summed E-state index contributed by atoms with van der Waals surface area (Å²) in [5.74, 6) is -1.40. The fraction of sp³-hybridized carbons (Fsp3) is 0.308. The number of pyridine rings is 1. The molecule has 0 spiro atoms. The Kier molecular flexibility index (Phi) is 6.60. The van der Waals surface area contributed by atoms with Crippen LogP contribution < -0.4 is 9.47 Å². The quantitative estimate of drug-likeness (QED) is 0.542. The monoisotopic (exact) mass is 451 g/mol. The first-order valence-electron chi connectivity index (χ1n) is 10.9. The van der Waals surface area contributed by atoms with Gasteiger partial charge in [0.15, 0.2) is 0 Å². The summed E-state index contributed by atoms with van der Waals surface area (Å²) in [6.45, 7) is 1.46. The zero-order valence-corrected chi connectivity index (χ0v) is 18.5. The summed E-state index contributed by atoms with van der Waals surface area (Å²) in [6, 6.07) is 13.8. The third-order valence-corrected chi connectivity index (χ3v) is 6.10. The lowest BCUT2D eigenvalue weighted by Gasteiger charge is -2.21. The molecule has 4 rings (SSSR count). The molecule has 7 heteroatoms. The highest BCUT2D eigenvalue weighted by atomic mass is 19.1. The molecule has 1 aliphatic heterocycles. The van der Waals surface area contributed by atoms with Gasteiger partial charge in [0.05, 0.1) is 19.1 Å². The van der Waals surface area contributed by atoms with Crippen LogP contribution in [0.3, 0.4) is 0 Å².